The van der Waals surface area contributed by atoms with Crippen LogP contribution in [0.15, 0.2) is 57.1 Å². The molecule has 0 bridgehead atoms. The van der Waals surface area contributed by atoms with Crippen LogP contribution in [0.5, 0.6) is 0 Å². The summed E-state index contributed by atoms with van der Waals surface area (Å²) in [7, 11) is -7.54. The summed E-state index contributed by atoms with van der Waals surface area (Å²) in [6, 6.07) is 10.1. The number of aromatic nitrogens is 1. The number of benzene rings is 2. The van der Waals surface area contributed by atoms with E-state index < -0.39 is 20.0 Å². The number of fused-ring (bicyclic) bond motifs is 1. The van der Waals surface area contributed by atoms with Gasteiger partial charge in [0.2, 0.25) is 10.0 Å². The molecule has 0 atom stereocenters. The normalized spacial score (nSPS) is 12.7. The third-order valence-corrected chi connectivity index (χ3v) is 9.22. The molecular weight excluding hydrogens is 458 g/mol. The van der Waals surface area contributed by atoms with Gasteiger partial charge in [0.15, 0.2) is 0 Å². The van der Waals surface area contributed by atoms with Crippen LogP contribution in [0.4, 0.5) is 5.69 Å². The molecule has 168 valence electrons. The zero-order chi connectivity index (χ0) is 23.0. The molecule has 0 aliphatic rings. The van der Waals surface area contributed by atoms with Crippen LogP contribution >= 0.6 is 11.3 Å². The van der Waals surface area contributed by atoms with Crippen LogP contribution in [0.25, 0.3) is 10.2 Å². The molecule has 8 nitrogen and oxygen atoms in total. The van der Waals surface area contributed by atoms with Crippen LogP contribution in [0.2, 0.25) is 0 Å². The molecule has 1 aromatic heterocycles. The quantitative estimate of drug-likeness (QED) is 0.528. The maximum Gasteiger partial charge on any atom is 0.308 e. The lowest BCUT2D eigenvalue weighted by molar-refractivity contribution is 0.445. The lowest BCUT2D eigenvalue weighted by Crippen LogP contribution is -2.30. The fourth-order valence-corrected chi connectivity index (χ4v) is 6.96. The highest BCUT2D eigenvalue weighted by atomic mass is 32.2. The Bertz CT molecular complexity index is 1350. The third-order valence-electron chi connectivity index (χ3n) is 4.86. The van der Waals surface area contributed by atoms with Gasteiger partial charge >= 0.3 is 4.87 Å². The van der Waals surface area contributed by atoms with Crippen molar-refractivity contribution in [2.45, 2.75) is 43.5 Å². The van der Waals surface area contributed by atoms with Crippen LogP contribution in [-0.4, -0.2) is 38.8 Å². The van der Waals surface area contributed by atoms with Crippen LogP contribution in [0, 0.1) is 0 Å². The summed E-state index contributed by atoms with van der Waals surface area (Å²) in [5.74, 6) is 0. The average Bonchev–Trinajstić information content (AvgIpc) is 3.04. The molecule has 1 N–H and O–H groups in total. The van der Waals surface area contributed by atoms with Gasteiger partial charge in [-0.1, -0.05) is 25.2 Å². The predicted molar refractivity (Wildman–Crippen MR) is 124 cm³/mol. The van der Waals surface area contributed by atoms with Crippen molar-refractivity contribution in [2.24, 2.45) is 0 Å². The van der Waals surface area contributed by atoms with E-state index in [0.29, 0.717) is 23.3 Å². The first-order valence-corrected chi connectivity index (χ1v) is 13.5. The molecule has 0 aliphatic heterocycles. The maximum absolute atomic E-state index is 12.8. The molecule has 0 saturated heterocycles. The standard InChI is InChI=1S/C20H25N3O5S3/c1-5-22(6-2)31(27,28)16-9-7-15(8-10-16)21-30(25,26)17-11-12-18-19(13-17)29-20(24)23(18)14(3)4/h7-14,21H,5-6H2,1-4H3. The van der Waals surface area contributed by atoms with E-state index >= 15 is 0 Å². The largest absolute Gasteiger partial charge is 0.308 e. The van der Waals surface area contributed by atoms with E-state index in [1.54, 1.807) is 24.5 Å². The number of hydrogen-bond donors (Lipinski definition) is 1. The molecule has 31 heavy (non-hydrogen) atoms. The summed E-state index contributed by atoms with van der Waals surface area (Å²) in [6.45, 7) is 7.99. The predicted octanol–water partition coefficient (Wildman–Crippen LogP) is 3.48. The van der Waals surface area contributed by atoms with Gasteiger partial charge in [-0.3, -0.25) is 14.1 Å². The number of rotatable bonds is 8. The van der Waals surface area contributed by atoms with Crippen LogP contribution in [-0.2, 0) is 20.0 Å². The molecule has 0 saturated carbocycles. The second-order valence-corrected chi connectivity index (χ2v) is 11.8. The molecule has 0 fully saturated rings. The molecule has 2 aromatic carbocycles. The van der Waals surface area contributed by atoms with Crippen LogP contribution in [0.1, 0.15) is 33.7 Å². The second kappa shape index (κ2) is 8.73. The summed E-state index contributed by atoms with van der Waals surface area (Å²) in [6.07, 6.45) is 0. The number of nitrogens with zero attached hydrogens (tertiary/aromatic N) is 2. The molecule has 11 heteroatoms. The highest BCUT2D eigenvalue weighted by molar-refractivity contribution is 7.92. The highest BCUT2D eigenvalue weighted by Gasteiger charge is 2.22. The van der Waals surface area contributed by atoms with Gasteiger partial charge in [0, 0.05) is 24.8 Å². The van der Waals surface area contributed by atoms with Gasteiger partial charge in [0.25, 0.3) is 10.0 Å². The number of hydrogen-bond acceptors (Lipinski definition) is 6. The Kier molecular flexibility index (Phi) is 6.61. The fourth-order valence-electron chi connectivity index (χ4n) is 3.29. The van der Waals surface area contributed by atoms with Gasteiger partial charge in [-0.2, -0.15) is 4.31 Å². The smallest absolute Gasteiger partial charge is 0.296 e. The van der Waals surface area contributed by atoms with E-state index in [4.69, 9.17) is 0 Å². The Balaban J connectivity index is 1.90. The minimum absolute atomic E-state index is 0.0250. The van der Waals surface area contributed by atoms with Gasteiger partial charge < -0.3 is 0 Å². The first kappa shape index (κ1) is 23.5. The van der Waals surface area contributed by atoms with Gasteiger partial charge in [0.05, 0.1) is 20.0 Å². The molecule has 0 spiro atoms. The van der Waals surface area contributed by atoms with Crippen molar-refractivity contribution in [3.8, 4) is 0 Å². The second-order valence-electron chi connectivity index (χ2n) is 7.18. The van der Waals surface area contributed by atoms with E-state index in [0.717, 1.165) is 11.3 Å². The number of nitrogens with one attached hydrogen (secondary N) is 1. The van der Waals surface area contributed by atoms with Crippen molar-refractivity contribution in [3.63, 3.8) is 0 Å². The van der Waals surface area contributed by atoms with E-state index in [1.165, 1.54) is 40.7 Å². The number of thiazole rings is 1. The molecule has 0 unspecified atom stereocenters. The molecule has 3 rings (SSSR count). The average molecular weight is 484 g/mol. The molecule has 0 amide bonds. The van der Waals surface area contributed by atoms with E-state index in [-0.39, 0.29) is 26.4 Å². The Labute approximate surface area is 186 Å². The van der Waals surface area contributed by atoms with Crippen LogP contribution < -0.4 is 9.60 Å². The van der Waals surface area contributed by atoms with Crippen LogP contribution in [0.3, 0.4) is 0 Å². The number of sulfonamides is 2. The Morgan fingerprint density at radius 3 is 2.10 bits per heavy atom. The molecular formula is C20H25N3O5S3. The minimum Gasteiger partial charge on any atom is -0.296 e. The first-order valence-electron chi connectivity index (χ1n) is 9.79. The lowest BCUT2D eigenvalue weighted by Gasteiger charge is -2.18. The zero-order valence-corrected chi connectivity index (χ0v) is 20.1. The molecule has 0 radical (unpaired) electrons. The van der Waals surface area contributed by atoms with E-state index in [9.17, 15) is 21.6 Å². The molecule has 3 aromatic rings. The van der Waals surface area contributed by atoms with Gasteiger partial charge in [-0.05, 0) is 56.3 Å². The van der Waals surface area contributed by atoms with Gasteiger partial charge in [-0.25, -0.2) is 16.8 Å². The van der Waals surface area contributed by atoms with Gasteiger partial charge in [0.1, 0.15) is 0 Å². The lowest BCUT2D eigenvalue weighted by atomic mass is 10.3. The van der Waals surface area contributed by atoms with Crippen molar-refractivity contribution in [1.82, 2.24) is 8.87 Å². The van der Waals surface area contributed by atoms with Crippen molar-refractivity contribution in [2.75, 3.05) is 17.8 Å². The van der Waals surface area contributed by atoms with Crippen molar-refractivity contribution >= 4 is 47.3 Å². The third kappa shape index (κ3) is 4.54. The Morgan fingerprint density at radius 2 is 1.55 bits per heavy atom. The maximum atomic E-state index is 12.8. The van der Waals surface area contributed by atoms with E-state index in [1.807, 2.05) is 13.8 Å². The fraction of sp³-hybridized carbons (Fsp3) is 0.350. The van der Waals surface area contributed by atoms with Crippen molar-refractivity contribution in [3.05, 3.63) is 52.1 Å². The SMILES string of the molecule is CCN(CC)S(=O)(=O)c1ccc(NS(=O)(=O)c2ccc3c(c2)sc(=O)n3C(C)C)cc1. The summed E-state index contributed by atoms with van der Waals surface area (Å²) in [5.41, 5.74) is 0.932. The molecule has 0 aliphatic carbocycles. The monoisotopic (exact) mass is 483 g/mol. The highest BCUT2D eigenvalue weighted by Crippen LogP contribution is 2.26. The summed E-state index contributed by atoms with van der Waals surface area (Å²) in [4.78, 5) is 12.2. The van der Waals surface area contributed by atoms with Crippen molar-refractivity contribution in [1.29, 1.82) is 0 Å². The van der Waals surface area contributed by atoms with E-state index in [2.05, 4.69) is 4.72 Å². The van der Waals surface area contributed by atoms with Crippen molar-refractivity contribution < 1.29 is 16.8 Å². The summed E-state index contributed by atoms with van der Waals surface area (Å²) < 4.78 is 56.8. The topological polar surface area (TPSA) is 106 Å². The zero-order valence-electron chi connectivity index (χ0n) is 17.7. The minimum atomic E-state index is -3.92. The Morgan fingerprint density at radius 1 is 0.968 bits per heavy atom. The number of anilines is 1. The van der Waals surface area contributed by atoms with Gasteiger partial charge in [-0.15, -0.1) is 0 Å². The molecule has 1 heterocycles. The Hall–Kier alpha value is -2.21. The summed E-state index contributed by atoms with van der Waals surface area (Å²) in [5, 5.41) is 0. The first-order chi connectivity index (χ1) is 14.5. The summed E-state index contributed by atoms with van der Waals surface area (Å²) >= 11 is 0.999.